The van der Waals surface area contributed by atoms with Crippen LogP contribution in [0.3, 0.4) is 0 Å². The molecular formula is C18H12N6O2. The van der Waals surface area contributed by atoms with Crippen LogP contribution in [0.5, 0.6) is 0 Å². The van der Waals surface area contributed by atoms with Crippen molar-refractivity contribution in [3.05, 3.63) is 83.0 Å². The summed E-state index contributed by atoms with van der Waals surface area (Å²) in [4.78, 5) is 16.5. The predicted octanol–water partition coefficient (Wildman–Crippen LogP) is 3.30. The second-order valence-corrected chi connectivity index (χ2v) is 5.44. The van der Waals surface area contributed by atoms with Crippen LogP contribution in [0.4, 0.5) is 5.69 Å². The third kappa shape index (κ3) is 2.91. The smallest absolute Gasteiger partial charge is 0.258 e. The van der Waals surface area contributed by atoms with Crippen molar-refractivity contribution in [2.75, 3.05) is 0 Å². The molecule has 4 aromatic rings. The predicted molar refractivity (Wildman–Crippen MR) is 94.5 cm³/mol. The molecule has 2 aromatic carbocycles. The molecule has 2 aromatic heterocycles. The Morgan fingerprint density at radius 2 is 1.81 bits per heavy atom. The summed E-state index contributed by atoms with van der Waals surface area (Å²) in [5, 5.41) is 23.7. The van der Waals surface area contributed by atoms with Crippen molar-refractivity contribution in [2.24, 2.45) is 0 Å². The number of pyridine rings is 1. The number of aromatic nitrogens is 5. The van der Waals surface area contributed by atoms with Gasteiger partial charge in [0, 0.05) is 12.3 Å². The second-order valence-electron chi connectivity index (χ2n) is 5.44. The van der Waals surface area contributed by atoms with Crippen LogP contribution < -0.4 is 0 Å². The van der Waals surface area contributed by atoms with Gasteiger partial charge in [0.05, 0.1) is 16.2 Å². The third-order valence-corrected chi connectivity index (χ3v) is 3.80. The number of benzene rings is 2. The van der Waals surface area contributed by atoms with Gasteiger partial charge in [-0.1, -0.05) is 30.3 Å². The number of nitro benzene ring substituents is 1. The Balaban J connectivity index is 1.74. The SMILES string of the molecule is O=[N+]([O-])c1ccccc1-c1cccc(-n2nnc(-c3ccccn3)n2)c1. The van der Waals surface area contributed by atoms with E-state index < -0.39 is 4.92 Å². The van der Waals surface area contributed by atoms with E-state index in [1.54, 1.807) is 42.6 Å². The Kier molecular flexibility index (Phi) is 3.91. The summed E-state index contributed by atoms with van der Waals surface area (Å²) in [6, 6.07) is 19.3. The Bertz CT molecular complexity index is 1080. The molecule has 0 atom stereocenters. The first kappa shape index (κ1) is 15.6. The lowest BCUT2D eigenvalue weighted by Gasteiger charge is -2.05. The van der Waals surface area contributed by atoms with Crippen molar-refractivity contribution in [3.8, 4) is 28.3 Å². The summed E-state index contributed by atoms with van der Waals surface area (Å²) in [7, 11) is 0. The fourth-order valence-corrected chi connectivity index (χ4v) is 2.60. The molecule has 2 heterocycles. The van der Waals surface area contributed by atoms with Gasteiger partial charge in [-0.3, -0.25) is 15.1 Å². The number of tetrazole rings is 1. The number of nitrogens with zero attached hydrogens (tertiary/aromatic N) is 6. The fourth-order valence-electron chi connectivity index (χ4n) is 2.60. The third-order valence-electron chi connectivity index (χ3n) is 3.80. The number of rotatable bonds is 4. The van der Waals surface area contributed by atoms with Crippen molar-refractivity contribution >= 4 is 5.69 Å². The van der Waals surface area contributed by atoms with Crippen molar-refractivity contribution < 1.29 is 4.92 Å². The average molecular weight is 344 g/mol. The maximum Gasteiger partial charge on any atom is 0.277 e. The topological polar surface area (TPSA) is 99.6 Å². The molecule has 0 radical (unpaired) electrons. The maximum absolute atomic E-state index is 11.3. The quantitative estimate of drug-likeness (QED) is 0.416. The minimum Gasteiger partial charge on any atom is -0.258 e. The van der Waals surface area contributed by atoms with Crippen LogP contribution in [-0.4, -0.2) is 30.1 Å². The van der Waals surface area contributed by atoms with Gasteiger partial charge >= 0.3 is 0 Å². The first-order valence-corrected chi connectivity index (χ1v) is 7.78. The van der Waals surface area contributed by atoms with E-state index >= 15 is 0 Å². The molecule has 126 valence electrons. The summed E-state index contributed by atoms with van der Waals surface area (Å²) in [6.45, 7) is 0. The molecule has 0 aliphatic rings. The van der Waals surface area contributed by atoms with Crippen molar-refractivity contribution in [1.29, 1.82) is 0 Å². The van der Waals surface area contributed by atoms with Crippen molar-refractivity contribution in [1.82, 2.24) is 25.2 Å². The summed E-state index contributed by atoms with van der Waals surface area (Å²) in [5.74, 6) is 0.404. The molecule has 0 fully saturated rings. The van der Waals surface area contributed by atoms with Gasteiger partial charge in [-0.25, -0.2) is 0 Å². The molecule has 8 heteroatoms. The largest absolute Gasteiger partial charge is 0.277 e. The Labute approximate surface area is 147 Å². The highest BCUT2D eigenvalue weighted by Gasteiger charge is 2.15. The van der Waals surface area contributed by atoms with Gasteiger partial charge in [-0.05, 0) is 41.1 Å². The van der Waals surface area contributed by atoms with Gasteiger partial charge in [0.1, 0.15) is 5.69 Å². The maximum atomic E-state index is 11.3. The molecule has 0 saturated carbocycles. The van der Waals surface area contributed by atoms with E-state index in [0.29, 0.717) is 28.3 Å². The molecule has 0 aliphatic carbocycles. The minimum atomic E-state index is -0.394. The molecule has 0 amide bonds. The van der Waals surface area contributed by atoms with E-state index in [1.165, 1.54) is 10.9 Å². The van der Waals surface area contributed by atoms with E-state index in [2.05, 4.69) is 20.4 Å². The van der Waals surface area contributed by atoms with E-state index in [4.69, 9.17) is 0 Å². The molecule has 0 N–H and O–H groups in total. The Hall–Kier alpha value is -3.94. The first-order valence-electron chi connectivity index (χ1n) is 7.78. The number of nitro groups is 1. The molecule has 0 spiro atoms. The van der Waals surface area contributed by atoms with Gasteiger partial charge in [0.2, 0.25) is 5.82 Å². The summed E-state index contributed by atoms with van der Waals surface area (Å²) in [5.41, 5.74) is 2.55. The molecule has 26 heavy (non-hydrogen) atoms. The van der Waals surface area contributed by atoms with Crippen molar-refractivity contribution in [2.45, 2.75) is 0 Å². The van der Waals surface area contributed by atoms with Crippen LogP contribution in [-0.2, 0) is 0 Å². The summed E-state index contributed by atoms with van der Waals surface area (Å²) in [6.07, 6.45) is 1.66. The monoisotopic (exact) mass is 344 g/mol. The lowest BCUT2D eigenvalue weighted by Crippen LogP contribution is -1.99. The zero-order valence-corrected chi connectivity index (χ0v) is 13.4. The van der Waals surface area contributed by atoms with Crippen LogP contribution >= 0.6 is 0 Å². The second kappa shape index (κ2) is 6.52. The van der Waals surface area contributed by atoms with Gasteiger partial charge in [0.25, 0.3) is 5.69 Å². The highest BCUT2D eigenvalue weighted by atomic mass is 16.6. The van der Waals surface area contributed by atoms with Crippen LogP contribution in [0.15, 0.2) is 72.9 Å². The first-order chi connectivity index (χ1) is 12.7. The average Bonchev–Trinajstić information content (AvgIpc) is 3.19. The zero-order chi connectivity index (χ0) is 17.9. The van der Waals surface area contributed by atoms with Gasteiger partial charge < -0.3 is 0 Å². The number of para-hydroxylation sites is 1. The summed E-state index contributed by atoms with van der Waals surface area (Å²) < 4.78 is 0. The number of hydrogen-bond acceptors (Lipinski definition) is 6. The fraction of sp³-hybridized carbons (Fsp3) is 0. The summed E-state index contributed by atoms with van der Waals surface area (Å²) >= 11 is 0. The Morgan fingerprint density at radius 3 is 2.62 bits per heavy atom. The highest BCUT2D eigenvalue weighted by Crippen LogP contribution is 2.30. The molecule has 0 aliphatic heterocycles. The van der Waals surface area contributed by atoms with Gasteiger partial charge in [-0.2, -0.15) is 0 Å². The minimum absolute atomic E-state index is 0.0466. The van der Waals surface area contributed by atoms with E-state index in [9.17, 15) is 10.1 Å². The molecule has 0 unspecified atom stereocenters. The van der Waals surface area contributed by atoms with E-state index in [0.717, 1.165) is 0 Å². The molecule has 0 bridgehead atoms. The zero-order valence-electron chi connectivity index (χ0n) is 13.4. The van der Waals surface area contributed by atoms with E-state index in [-0.39, 0.29) is 5.69 Å². The standard InChI is InChI=1S/C18H12N6O2/c25-24(26)17-10-2-1-8-15(17)13-6-5-7-14(12-13)23-21-18(20-22-23)16-9-3-4-11-19-16/h1-12H. The Morgan fingerprint density at radius 1 is 0.962 bits per heavy atom. The lowest BCUT2D eigenvalue weighted by molar-refractivity contribution is -0.384. The highest BCUT2D eigenvalue weighted by molar-refractivity contribution is 5.74. The van der Waals surface area contributed by atoms with Crippen LogP contribution in [0.25, 0.3) is 28.3 Å². The van der Waals surface area contributed by atoms with Crippen LogP contribution in [0, 0.1) is 10.1 Å². The number of hydrogen-bond donors (Lipinski definition) is 0. The van der Waals surface area contributed by atoms with Crippen LogP contribution in [0.1, 0.15) is 0 Å². The molecule has 8 nitrogen and oxygen atoms in total. The van der Waals surface area contributed by atoms with Crippen molar-refractivity contribution in [3.63, 3.8) is 0 Å². The molecule has 4 rings (SSSR count). The normalized spacial score (nSPS) is 10.6. The van der Waals surface area contributed by atoms with E-state index in [1.807, 2.05) is 24.3 Å². The van der Waals surface area contributed by atoms with Crippen LogP contribution in [0.2, 0.25) is 0 Å². The molecule has 0 saturated heterocycles. The van der Waals surface area contributed by atoms with Gasteiger partial charge in [0.15, 0.2) is 0 Å². The molecular weight excluding hydrogens is 332 g/mol. The van der Waals surface area contributed by atoms with Gasteiger partial charge in [-0.15, -0.1) is 15.0 Å². The lowest BCUT2D eigenvalue weighted by atomic mass is 10.0.